The van der Waals surface area contributed by atoms with Crippen molar-refractivity contribution in [3.8, 4) is 33.4 Å². The summed E-state index contributed by atoms with van der Waals surface area (Å²) in [6.07, 6.45) is 9.08. The molecule has 0 aliphatic heterocycles. The monoisotopic (exact) mass is 539 g/mol. The van der Waals surface area contributed by atoms with Crippen molar-refractivity contribution in [2.75, 3.05) is 0 Å². The Morgan fingerprint density at radius 3 is 1.98 bits per heavy atom. The van der Waals surface area contributed by atoms with E-state index >= 15 is 0 Å². The van der Waals surface area contributed by atoms with Crippen molar-refractivity contribution < 1.29 is 0 Å². The van der Waals surface area contributed by atoms with E-state index < -0.39 is 0 Å². The highest BCUT2D eigenvalue weighted by Crippen LogP contribution is 2.69. The molecule has 1 spiro atoms. The molecule has 1 aromatic heterocycles. The maximum atomic E-state index is 4.97. The normalized spacial score (nSPS) is 26.7. The standard InChI is InChI=1S/C41H33N/c1-2-7-27(8-3-1)33-13-14-34(40-35(33)11-6-16-42-40)30-12-15-38-36(23-30)37-22-28-9-4-5-10-29(28)24-39(37)41(38)31-18-25-17-26(20-31)21-32(41)19-25/h1-16,22-26,31-32H,17-21H2. The number of fused-ring (bicyclic) bond motifs is 5. The summed E-state index contributed by atoms with van der Waals surface area (Å²) >= 11 is 0. The zero-order valence-corrected chi connectivity index (χ0v) is 23.8. The van der Waals surface area contributed by atoms with Gasteiger partial charge >= 0.3 is 0 Å². The predicted molar refractivity (Wildman–Crippen MR) is 173 cm³/mol. The number of benzene rings is 5. The van der Waals surface area contributed by atoms with E-state index in [0.29, 0.717) is 0 Å². The third-order valence-corrected chi connectivity index (χ3v) is 11.7. The first kappa shape index (κ1) is 23.3. The fourth-order valence-corrected chi connectivity index (χ4v) is 10.3. The summed E-state index contributed by atoms with van der Waals surface area (Å²) < 4.78 is 0. The second-order valence-electron chi connectivity index (χ2n) is 13.6. The molecule has 1 heterocycles. The summed E-state index contributed by atoms with van der Waals surface area (Å²) in [5.74, 6) is 3.44. The van der Waals surface area contributed by atoms with Gasteiger partial charge < -0.3 is 0 Å². The van der Waals surface area contributed by atoms with Crippen LogP contribution >= 0.6 is 0 Å². The summed E-state index contributed by atoms with van der Waals surface area (Å²) in [4.78, 5) is 4.97. The van der Waals surface area contributed by atoms with Crippen LogP contribution in [0.25, 0.3) is 55.1 Å². The summed E-state index contributed by atoms with van der Waals surface area (Å²) in [5, 5.41) is 3.96. The molecule has 0 saturated heterocycles. The summed E-state index contributed by atoms with van der Waals surface area (Å²) in [6, 6.07) is 41.2. The SMILES string of the molecule is c1ccc(-c2ccc(-c3ccc4c(c3)-c3cc5ccccc5cc3C43C4CC5CC(C4)CC3C5)c3ncccc23)cc1. The molecule has 0 amide bonds. The molecule has 0 atom stereocenters. The van der Waals surface area contributed by atoms with Gasteiger partial charge in [-0.25, -0.2) is 0 Å². The largest absolute Gasteiger partial charge is 0.256 e. The molecule has 0 unspecified atom stereocenters. The van der Waals surface area contributed by atoms with Crippen molar-refractivity contribution in [1.82, 2.24) is 4.98 Å². The van der Waals surface area contributed by atoms with E-state index in [0.717, 1.165) is 29.2 Å². The third-order valence-electron chi connectivity index (χ3n) is 11.7. The molecular weight excluding hydrogens is 506 g/mol. The quantitative estimate of drug-likeness (QED) is 0.213. The molecule has 1 nitrogen and oxygen atoms in total. The van der Waals surface area contributed by atoms with E-state index in [1.54, 1.807) is 11.1 Å². The van der Waals surface area contributed by atoms with E-state index in [1.807, 2.05) is 6.20 Å². The Kier molecular flexibility index (Phi) is 4.68. The lowest BCUT2D eigenvalue weighted by atomic mass is 9.43. The molecule has 1 heteroatoms. The van der Waals surface area contributed by atoms with Crippen molar-refractivity contribution in [3.05, 3.63) is 127 Å². The second-order valence-corrected chi connectivity index (χ2v) is 13.6. The number of hydrogen-bond donors (Lipinski definition) is 0. The molecule has 6 aromatic rings. The number of rotatable bonds is 2. The zero-order chi connectivity index (χ0) is 27.4. The van der Waals surface area contributed by atoms with Gasteiger partial charge in [0.25, 0.3) is 0 Å². The van der Waals surface area contributed by atoms with Gasteiger partial charge in [0.2, 0.25) is 0 Å². The fraction of sp³-hybridized carbons (Fsp3) is 0.244. The molecule has 4 fully saturated rings. The second kappa shape index (κ2) is 8.42. The lowest BCUT2D eigenvalue weighted by Gasteiger charge is -2.61. The maximum absolute atomic E-state index is 4.97. The molecule has 4 saturated carbocycles. The Morgan fingerprint density at radius 2 is 1.19 bits per heavy atom. The smallest absolute Gasteiger partial charge is 0.0786 e. The average Bonchev–Trinajstić information content (AvgIpc) is 3.31. The predicted octanol–water partition coefficient (Wildman–Crippen LogP) is 10.4. The zero-order valence-electron chi connectivity index (χ0n) is 23.8. The molecule has 4 bridgehead atoms. The van der Waals surface area contributed by atoms with Crippen LogP contribution < -0.4 is 0 Å². The lowest BCUT2D eigenvalue weighted by molar-refractivity contribution is -0.0398. The first-order chi connectivity index (χ1) is 20.8. The van der Waals surface area contributed by atoms with Gasteiger partial charge in [-0.2, -0.15) is 0 Å². The average molecular weight is 540 g/mol. The molecule has 0 radical (unpaired) electrons. The molecule has 5 aliphatic carbocycles. The molecule has 42 heavy (non-hydrogen) atoms. The highest BCUT2D eigenvalue weighted by Gasteiger charge is 2.61. The maximum Gasteiger partial charge on any atom is 0.0786 e. The van der Waals surface area contributed by atoms with Crippen molar-refractivity contribution in [2.45, 2.75) is 37.5 Å². The van der Waals surface area contributed by atoms with Crippen molar-refractivity contribution in [1.29, 1.82) is 0 Å². The topological polar surface area (TPSA) is 12.9 Å². The Morgan fingerprint density at radius 1 is 0.500 bits per heavy atom. The first-order valence-electron chi connectivity index (χ1n) is 15.9. The van der Waals surface area contributed by atoms with Crippen LogP contribution in [0.15, 0.2) is 115 Å². The highest BCUT2D eigenvalue weighted by atomic mass is 14.7. The van der Waals surface area contributed by atoms with Gasteiger partial charge in [-0.15, -0.1) is 0 Å². The van der Waals surface area contributed by atoms with Gasteiger partial charge in [0.15, 0.2) is 0 Å². The lowest BCUT2D eigenvalue weighted by Crippen LogP contribution is -2.55. The van der Waals surface area contributed by atoms with Crippen LogP contribution in [0.2, 0.25) is 0 Å². The number of pyridine rings is 1. The van der Waals surface area contributed by atoms with Gasteiger partial charge in [0.05, 0.1) is 5.52 Å². The van der Waals surface area contributed by atoms with Gasteiger partial charge in [-0.1, -0.05) is 84.9 Å². The van der Waals surface area contributed by atoms with Crippen LogP contribution in [0.1, 0.15) is 43.2 Å². The Labute approximate surface area is 247 Å². The minimum absolute atomic E-state index is 0.179. The van der Waals surface area contributed by atoms with Gasteiger partial charge in [-0.05, 0) is 130 Å². The minimum Gasteiger partial charge on any atom is -0.256 e. The number of aromatic nitrogens is 1. The van der Waals surface area contributed by atoms with E-state index in [2.05, 4.69) is 109 Å². The van der Waals surface area contributed by atoms with E-state index in [1.165, 1.54) is 81.6 Å². The van der Waals surface area contributed by atoms with E-state index in [-0.39, 0.29) is 5.41 Å². The van der Waals surface area contributed by atoms with Crippen molar-refractivity contribution in [2.24, 2.45) is 23.7 Å². The number of hydrogen-bond acceptors (Lipinski definition) is 1. The highest BCUT2D eigenvalue weighted by molar-refractivity contribution is 6.03. The van der Waals surface area contributed by atoms with Crippen LogP contribution in [0.3, 0.4) is 0 Å². The molecular formula is C41H33N. The van der Waals surface area contributed by atoms with Gasteiger partial charge in [-0.3, -0.25) is 4.98 Å². The summed E-state index contributed by atoms with van der Waals surface area (Å²) in [5.41, 5.74) is 12.4. The summed E-state index contributed by atoms with van der Waals surface area (Å²) in [6.45, 7) is 0. The van der Waals surface area contributed by atoms with Gasteiger partial charge in [0.1, 0.15) is 0 Å². The number of nitrogens with zero attached hydrogens (tertiary/aromatic N) is 1. The van der Waals surface area contributed by atoms with E-state index in [4.69, 9.17) is 4.98 Å². The minimum atomic E-state index is 0.179. The Hall–Kier alpha value is -4.23. The molecule has 5 aromatic carbocycles. The van der Waals surface area contributed by atoms with Crippen molar-refractivity contribution in [3.63, 3.8) is 0 Å². The van der Waals surface area contributed by atoms with Crippen LogP contribution in [0.4, 0.5) is 0 Å². The molecule has 202 valence electrons. The van der Waals surface area contributed by atoms with Gasteiger partial charge in [0, 0.05) is 22.6 Å². The Bertz CT molecular complexity index is 2020. The van der Waals surface area contributed by atoms with Crippen LogP contribution in [0.5, 0.6) is 0 Å². The van der Waals surface area contributed by atoms with Crippen molar-refractivity contribution >= 4 is 21.7 Å². The van der Waals surface area contributed by atoms with E-state index in [9.17, 15) is 0 Å². The summed E-state index contributed by atoms with van der Waals surface area (Å²) in [7, 11) is 0. The third kappa shape index (κ3) is 3.01. The first-order valence-corrected chi connectivity index (χ1v) is 15.9. The van der Waals surface area contributed by atoms with Crippen LogP contribution in [0, 0.1) is 23.7 Å². The molecule has 5 aliphatic rings. The van der Waals surface area contributed by atoms with Crippen LogP contribution in [-0.2, 0) is 5.41 Å². The van der Waals surface area contributed by atoms with Crippen LogP contribution in [-0.4, -0.2) is 4.98 Å². The fourth-order valence-electron chi connectivity index (χ4n) is 10.3. The molecule has 11 rings (SSSR count). The Balaban J connectivity index is 1.21. The molecule has 0 N–H and O–H groups in total.